The molecule has 4 aliphatic rings. The number of phenolic OH excluding ortho intramolecular Hbond substituents is 1. The summed E-state index contributed by atoms with van der Waals surface area (Å²) in [5.74, 6) is -3.55. The minimum atomic E-state index is -0.688. The lowest BCUT2D eigenvalue weighted by atomic mass is 9.57. The molecule has 2 saturated heterocycles. The topological polar surface area (TPSA) is 104 Å². The van der Waals surface area contributed by atoms with Crippen LogP contribution >= 0.6 is 0 Å². The Labute approximate surface area is 217 Å². The summed E-state index contributed by atoms with van der Waals surface area (Å²) in [6.45, 7) is 11.1. The van der Waals surface area contributed by atoms with Crippen molar-refractivity contribution in [2.24, 2.45) is 29.6 Å². The first kappa shape index (κ1) is 25.5. The number of aromatic hydroxyl groups is 1. The van der Waals surface area contributed by atoms with E-state index in [2.05, 4.69) is 0 Å². The Balaban J connectivity index is 1.66. The summed E-state index contributed by atoms with van der Waals surface area (Å²) in [4.78, 5) is 57.5. The molecule has 0 aromatic heterocycles. The smallest absolute Gasteiger partial charge is 0.234 e. The van der Waals surface area contributed by atoms with Crippen molar-refractivity contribution in [2.75, 3.05) is 7.11 Å². The van der Waals surface area contributed by atoms with Gasteiger partial charge in [0.05, 0.1) is 30.8 Å². The van der Waals surface area contributed by atoms with E-state index in [1.807, 2.05) is 47.6 Å². The van der Waals surface area contributed by atoms with Crippen LogP contribution in [0, 0.1) is 29.6 Å². The Bertz CT molecular complexity index is 1240. The van der Waals surface area contributed by atoms with Gasteiger partial charge in [-0.15, -0.1) is 0 Å². The summed E-state index contributed by atoms with van der Waals surface area (Å²) in [7, 11) is 1.46. The van der Waals surface area contributed by atoms with Gasteiger partial charge in [0.15, 0.2) is 11.5 Å². The lowest BCUT2D eigenvalue weighted by Gasteiger charge is -2.44. The highest BCUT2D eigenvalue weighted by Gasteiger charge is 2.63. The SMILES string of the molecule is COc1cc([C@H]2C3=CC[C@@H]4C(=O)N(C(C)(C)C)C(=O)[C@@H]4[C@@H]3C[C@H]3C(=O)N(C(C)(C)C)C(=O)[C@@H]23)ccc1O. The van der Waals surface area contributed by atoms with Crippen molar-refractivity contribution in [1.29, 1.82) is 0 Å². The molecule has 1 saturated carbocycles. The summed E-state index contributed by atoms with van der Waals surface area (Å²) >= 11 is 0. The van der Waals surface area contributed by atoms with E-state index in [4.69, 9.17) is 4.74 Å². The largest absolute Gasteiger partial charge is 0.504 e. The molecular weight excluding hydrogens is 472 g/mol. The standard InChI is InChI=1S/C29H36N2O6/c1-28(2,3)30-24(33)16-10-9-15-17(22(16)26(30)35)13-18-23(27(36)31(25(18)34)29(4,5)6)21(15)14-8-11-19(32)20(12-14)37-7/h8-9,11-12,16-18,21-23,32H,10,13H2,1-7H3/t16-,17+,18+,21-,22-,23+/m0/s1. The van der Waals surface area contributed by atoms with Gasteiger partial charge < -0.3 is 9.84 Å². The normalized spacial score (nSPS) is 31.8. The van der Waals surface area contributed by atoms with Crippen molar-refractivity contribution < 1.29 is 29.0 Å². The first-order valence-electron chi connectivity index (χ1n) is 13.0. The monoisotopic (exact) mass is 508 g/mol. The molecule has 37 heavy (non-hydrogen) atoms. The number of fused-ring (bicyclic) bond motifs is 4. The van der Waals surface area contributed by atoms with Crippen LogP contribution in [-0.2, 0) is 19.2 Å². The van der Waals surface area contributed by atoms with Crippen molar-refractivity contribution in [3.63, 3.8) is 0 Å². The molecule has 198 valence electrons. The molecule has 8 nitrogen and oxygen atoms in total. The van der Waals surface area contributed by atoms with Gasteiger partial charge in [-0.3, -0.25) is 29.0 Å². The summed E-state index contributed by atoms with van der Waals surface area (Å²) in [6, 6.07) is 5.01. The van der Waals surface area contributed by atoms with E-state index >= 15 is 0 Å². The average Bonchev–Trinajstić information content (AvgIpc) is 3.21. The Morgan fingerprint density at radius 2 is 1.38 bits per heavy atom. The molecule has 0 radical (unpaired) electrons. The number of rotatable bonds is 2. The Kier molecular flexibility index (Phi) is 5.63. The van der Waals surface area contributed by atoms with Crippen molar-refractivity contribution in [1.82, 2.24) is 9.80 Å². The summed E-state index contributed by atoms with van der Waals surface area (Å²) in [6.07, 6.45) is 2.81. The molecule has 8 heteroatoms. The van der Waals surface area contributed by atoms with Gasteiger partial charge in [-0.2, -0.15) is 0 Å². The van der Waals surface area contributed by atoms with Crippen molar-refractivity contribution in [3.8, 4) is 11.5 Å². The number of hydrogen-bond donors (Lipinski definition) is 1. The third kappa shape index (κ3) is 3.62. The van der Waals surface area contributed by atoms with Gasteiger partial charge in [-0.1, -0.05) is 17.7 Å². The van der Waals surface area contributed by atoms with Gasteiger partial charge in [0.25, 0.3) is 0 Å². The number of imide groups is 2. The fourth-order valence-electron chi connectivity index (χ4n) is 7.17. The maximum atomic E-state index is 13.9. The number of likely N-dealkylation sites (tertiary alicyclic amines) is 2. The maximum absolute atomic E-state index is 13.9. The van der Waals surface area contributed by atoms with Crippen molar-refractivity contribution in [2.45, 2.75) is 71.4 Å². The van der Waals surface area contributed by atoms with Crippen LogP contribution in [0.1, 0.15) is 65.9 Å². The van der Waals surface area contributed by atoms with Crippen LogP contribution in [0.2, 0.25) is 0 Å². The molecule has 0 spiro atoms. The molecule has 1 N–H and O–H groups in total. The third-order valence-electron chi connectivity index (χ3n) is 8.55. The molecule has 6 atom stereocenters. The summed E-state index contributed by atoms with van der Waals surface area (Å²) in [5, 5.41) is 10.2. The van der Waals surface area contributed by atoms with Gasteiger partial charge in [-0.05, 0) is 78.0 Å². The van der Waals surface area contributed by atoms with Gasteiger partial charge in [0, 0.05) is 17.0 Å². The van der Waals surface area contributed by atoms with Crippen LogP contribution in [0.3, 0.4) is 0 Å². The molecule has 2 aliphatic carbocycles. The van der Waals surface area contributed by atoms with Crippen LogP contribution in [0.15, 0.2) is 29.8 Å². The van der Waals surface area contributed by atoms with E-state index in [-0.39, 0.29) is 41.0 Å². The van der Waals surface area contributed by atoms with E-state index in [9.17, 15) is 24.3 Å². The molecule has 3 fully saturated rings. The van der Waals surface area contributed by atoms with Crippen LogP contribution in [0.4, 0.5) is 0 Å². The van der Waals surface area contributed by atoms with Crippen molar-refractivity contribution in [3.05, 3.63) is 35.4 Å². The second kappa shape index (κ2) is 8.17. The fourth-order valence-corrected chi connectivity index (χ4v) is 7.17. The van der Waals surface area contributed by atoms with Crippen LogP contribution < -0.4 is 4.74 Å². The number of methoxy groups -OCH3 is 1. The molecule has 5 rings (SSSR count). The lowest BCUT2D eigenvalue weighted by molar-refractivity contribution is -0.147. The number of hydrogen-bond acceptors (Lipinski definition) is 6. The summed E-state index contributed by atoms with van der Waals surface area (Å²) < 4.78 is 5.36. The van der Waals surface area contributed by atoms with E-state index in [0.717, 1.165) is 11.1 Å². The van der Waals surface area contributed by atoms with Crippen LogP contribution in [0.5, 0.6) is 11.5 Å². The number of ether oxygens (including phenoxy) is 1. The molecule has 1 aromatic carbocycles. The number of carbonyl (C=O) groups excluding carboxylic acids is 4. The first-order valence-corrected chi connectivity index (χ1v) is 13.0. The average molecular weight is 509 g/mol. The van der Waals surface area contributed by atoms with E-state index < -0.39 is 40.7 Å². The minimum Gasteiger partial charge on any atom is -0.504 e. The molecular formula is C29H36N2O6. The van der Waals surface area contributed by atoms with Crippen LogP contribution in [-0.4, -0.2) is 56.7 Å². The lowest BCUT2D eigenvalue weighted by Crippen LogP contribution is -2.47. The number of amides is 4. The van der Waals surface area contributed by atoms with Gasteiger partial charge in [0.1, 0.15) is 0 Å². The van der Waals surface area contributed by atoms with Crippen LogP contribution in [0.25, 0.3) is 0 Å². The van der Waals surface area contributed by atoms with E-state index in [0.29, 0.717) is 12.8 Å². The number of nitrogens with zero attached hydrogens (tertiary/aromatic N) is 2. The highest BCUT2D eigenvalue weighted by molar-refractivity contribution is 6.08. The number of allylic oxidation sites excluding steroid dienone is 2. The first-order chi connectivity index (χ1) is 17.2. The quantitative estimate of drug-likeness (QED) is 0.483. The number of phenols is 1. The highest BCUT2D eigenvalue weighted by Crippen LogP contribution is 2.59. The van der Waals surface area contributed by atoms with E-state index in [1.54, 1.807) is 12.1 Å². The van der Waals surface area contributed by atoms with Crippen molar-refractivity contribution >= 4 is 23.6 Å². The molecule has 2 aliphatic heterocycles. The zero-order valence-electron chi connectivity index (χ0n) is 22.6. The van der Waals surface area contributed by atoms with Gasteiger partial charge in [-0.25, -0.2) is 0 Å². The van der Waals surface area contributed by atoms with Gasteiger partial charge in [0.2, 0.25) is 23.6 Å². The predicted molar refractivity (Wildman–Crippen MR) is 135 cm³/mol. The molecule has 0 bridgehead atoms. The van der Waals surface area contributed by atoms with E-state index in [1.165, 1.54) is 23.0 Å². The highest BCUT2D eigenvalue weighted by atomic mass is 16.5. The Hall–Kier alpha value is -3.16. The predicted octanol–water partition coefficient (Wildman–Crippen LogP) is 3.63. The third-order valence-corrected chi connectivity index (χ3v) is 8.55. The molecule has 0 unspecified atom stereocenters. The number of carbonyl (C=O) groups is 4. The summed E-state index contributed by atoms with van der Waals surface area (Å²) in [5.41, 5.74) is 0.353. The zero-order chi connectivity index (χ0) is 27.2. The fraction of sp³-hybridized carbons (Fsp3) is 0.586. The maximum Gasteiger partial charge on any atom is 0.234 e. The minimum absolute atomic E-state index is 0.0182. The second-order valence-corrected chi connectivity index (χ2v) is 12.8. The molecule has 2 heterocycles. The Morgan fingerprint density at radius 1 is 0.811 bits per heavy atom. The molecule has 4 amide bonds. The number of benzene rings is 1. The zero-order valence-corrected chi connectivity index (χ0v) is 22.6. The molecule has 1 aromatic rings. The second-order valence-electron chi connectivity index (χ2n) is 12.8. The Morgan fingerprint density at radius 3 is 1.95 bits per heavy atom. The van der Waals surface area contributed by atoms with Gasteiger partial charge >= 0.3 is 0 Å².